The highest BCUT2D eigenvalue weighted by atomic mass is 16.5. The van der Waals surface area contributed by atoms with E-state index in [4.69, 9.17) is 9.47 Å². The third kappa shape index (κ3) is 2.95. The van der Waals surface area contributed by atoms with Crippen molar-refractivity contribution >= 4 is 0 Å². The molecule has 0 aliphatic heterocycles. The van der Waals surface area contributed by atoms with Gasteiger partial charge in [-0.05, 0) is 24.1 Å². The summed E-state index contributed by atoms with van der Waals surface area (Å²) >= 11 is 0. The topological polar surface area (TPSA) is 18.5 Å². The number of hydrogen-bond acceptors (Lipinski definition) is 2. The van der Waals surface area contributed by atoms with Crippen molar-refractivity contribution < 1.29 is 9.47 Å². The maximum absolute atomic E-state index is 5.20. The fourth-order valence-corrected chi connectivity index (χ4v) is 1.32. The van der Waals surface area contributed by atoms with E-state index < -0.39 is 0 Å². The Labute approximate surface area is 86.9 Å². The predicted molar refractivity (Wildman–Crippen MR) is 60.3 cm³/mol. The van der Waals surface area contributed by atoms with Gasteiger partial charge in [0.2, 0.25) is 0 Å². The number of rotatable bonds is 4. The third-order valence-electron chi connectivity index (χ3n) is 1.99. The molecule has 0 aliphatic carbocycles. The van der Waals surface area contributed by atoms with Gasteiger partial charge in [-0.25, -0.2) is 0 Å². The van der Waals surface area contributed by atoms with Crippen LogP contribution in [0.15, 0.2) is 18.2 Å². The zero-order valence-corrected chi connectivity index (χ0v) is 8.46. The summed E-state index contributed by atoms with van der Waals surface area (Å²) < 4.78 is 10.3. The SMILES string of the molecule is C.CCCc1ccc(OC)c(OC)c1. The number of hydrogen-bond donors (Lipinski definition) is 0. The zero-order valence-electron chi connectivity index (χ0n) is 8.46. The Balaban J connectivity index is 0.00000169. The van der Waals surface area contributed by atoms with Gasteiger partial charge in [0.1, 0.15) is 0 Å². The summed E-state index contributed by atoms with van der Waals surface area (Å²) in [6.45, 7) is 2.16. The van der Waals surface area contributed by atoms with E-state index in [9.17, 15) is 0 Å². The Hall–Kier alpha value is -1.18. The molecule has 1 rings (SSSR count). The van der Waals surface area contributed by atoms with Crippen LogP contribution in [-0.2, 0) is 6.42 Å². The van der Waals surface area contributed by atoms with Crippen LogP contribution in [-0.4, -0.2) is 14.2 Å². The Morgan fingerprint density at radius 3 is 2.21 bits per heavy atom. The second-order valence-electron chi connectivity index (χ2n) is 2.94. The number of methoxy groups -OCH3 is 2. The highest BCUT2D eigenvalue weighted by Crippen LogP contribution is 2.27. The van der Waals surface area contributed by atoms with Gasteiger partial charge in [0.05, 0.1) is 14.2 Å². The van der Waals surface area contributed by atoms with Crippen LogP contribution in [0.3, 0.4) is 0 Å². The summed E-state index contributed by atoms with van der Waals surface area (Å²) in [6, 6.07) is 6.05. The molecule has 0 fully saturated rings. The average Bonchev–Trinajstić information content (AvgIpc) is 2.18. The van der Waals surface area contributed by atoms with Gasteiger partial charge < -0.3 is 9.47 Å². The molecule has 2 heteroatoms. The highest BCUT2D eigenvalue weighted by Gasteiger charge is 2.02. The van der Waals surface area contributed by atoms with E-state index >= 15 is 0 Å². The lowest BCUT2D eigenvalue weighted by atomic mass is 10.1. The van der Waals surface area contributed by atoms with E-state index in [-0.39, 0.29) is 7.43 Å². The fraction of sp³-hybridized carbons (Fsp3) is 0.500. The molecule has 0 atom stereocenters. The first-order valence-corrected chi connectivity index (χ1v) is 4.52. The van der Waals surface area contributed by atoms with E-state index in [0.29, 0.717) is 0 Å². The first-order valence-electron chi connectivity index (χ1n) is 4.52. The minimum absolute atomic E-state index is 0. The molecule has 0 saturated heterocycles. The summed E-state index contributed by atoms with van der Waals surface area (Å²) in [6.07, 6.45) is 2.23. The van der Waals surface area contributed by atoms with E-state index in [2.05, 4.69) is 13.0 Å². The molecule has 1 aromatic carbocycles. The molecular formula is C12H20O2. The fourth-order valence-electron chi connectivity index (χ4n) is 1.32. The van der Waals surface area contributed by atoms with E-state index in [1.165, 1.54) is 5.56 Å². The molecule has 14 heavy (non-hydrogen) atoms. The summed E-state index contributed by atoms with van der Waals surface area (Å²) in [5.74, 6) is 1.61. The first-order chi connectivity index (χ1) is 6.31. The van der Waals surface area contributed by atoms with Gasteiger partial charge in [-0.15, -0.1) is 0 Å². The molecule has 0 aliphatic rings. The van der Waals surface area contributed by atoms with E-state index in [1.807, 2.05) is 12.1 Å². The molecule has 0 heterocycles. The van der Waals surface area contributed by atoms with Crippen LogP contribution < -0.4 is 9.47 Å². The lowest BCUT2D eigenvalue weighted by molar-refractivity contribution is 0.354. The Kier molecular flexibility index (Phi) is 5.77. The van der Waals surface area contributed by atoms with Crippen molar-refractivity contribution in [2.75, 3.05) is 14.2 Å². The van der Waals surface area contributed by atoms with Gasteiger partial charge in [-0.3, -0.25) is 0 Å². The van der Waals surface area contributed by atoms with Crippen molar-refractivity contribution in [3.63, 3.8) is 0 Å². The van der Waals surface area contributed by atoms with Gasteiger partial charge in [0.25, 0.3) is 0 Å². The quantitative estimate of drug-likeness (QED) is 0.735. The number of benzene rings is 1. The summed E-state index contributed by atoms with van der Waals surface area (Å²) in [7, 11) is 3.31. The molecular weight excluding hydrogens is 176 g/mol. The highest BCUT2D eigenvalue weighted by molar-refractivity contribution is 5.42. The molecule has 80 valence electrons. The van der Waals surface area contributed by atoms with Crippen LogP contribution in [0.1, 0.15) is 26.3 Å². The molecule has 0 unspecified atom stereocenters. The Bertz CT molecular complexity index is 269. The maximum Gasteiger partial charge on any atom is 0.160 e. The molecule has 1 aromatic rings. The standard InChI is InChI=1S/C11H16O2.CH4/c1-4-5-9-6-7-10(12-2)11(8-9)13-3;/h6-8H,4-5H2,1-3H3;1H4. The maximum atomic E-state index is 5.20. The summed E-state index contributed by atoms with van der Waals surface area (Å²) in [5.41, 5.74) is 1.29. The third-order valence-corrected chi connectivity index (χ3v) is 1.99. The monoisotopic (exact) mass is 196 g/mol. The van der Waals surface area contributed by atoms with Crippen molar-refractivity contribution in [1.82, 2.24) is 0 Å². The van der Waals surface area contributed by atoms with Crippen molar-refractivity contribution in [2.45, 2.75) is 27.2 Å². The van der Waals surface area contributed by atoms with Gasteiger partial charge in [-0.2, -0.15) is 0 Å². The van der Waals surface area contributed by atoms with E-state index in [0.717, 1.165) is 24.3 Å². The van der Waals surface area contributed by atoms with Crippen LogP contribution in [0.4, 0.5) is 0 Å². The lowest BCUT2D eigenvalue weighted by Gasteiger charge is -2.08. The van der Waals surface area contributed by atoms with Crippen LogP contribution in [0.25, 0.3) is 0 Å². The van der Waals surface area contributed by atoms with Gasteiger partial charge >= 0.3 is 0 Å². The average molecular weight is 196 g/mol. The van der Waals surface area contributed by atoms with Crippen molar-refractivity contribution in [2.24, 2.45) is 0 Å². The van der Waals surface area contributed by atoms with Crippen molar-refractivity contribution in [3.05, 3.63) is 23.8 Å². The molecule has 0 radical (unpaired) electrons. The molecule has 0 N–H and O–H groups in total. The minimum Gasteiger partial charge on any atom is -0.493 e. The molecule has 0 amide bonds. The molecule has 0 spiro atoms. The van der Waals surface area contributed by atoms with Crippen molar-refractivity contribution in [3.8, 4) is 11.5 Å². The first kappa shape index (κ1) is 12.8. The van der Waals surface area contributed by atoms with Crippen molar-refractivity contribution in [1.29, 1.82) is 0 Å². The van der Waals surface area contributed by atoms with Gasteiger partial charge in [0.15, 0.2) is 11.5 Å². The van der Waals surface area contributed by atoms with Crippen LogP contribution in [0.2, 0.25) is 0 Å². The normalized spacial score (nSPS) is 9.07. The lowest BCUT2D eigenvalue weighted by Crippen LogP contribution is -1.92. The second-order valence-corrected chi connectivity index (χ2v) is 2.94. The molecule has 0 saturated carbocycles. The van der Waals surface area contributed by atoms with Gasteiger partial charge in [0, 0.05) is 0 Å². The van der Waals surface area contributed by atoms with Gasteiger partial charge in [-0.1, -0.05) is 26.8 Å². The number of ether oxygens (including phenoxy) is 2. The van der Waals surface area contributed by atoms with Crippen LogP contribution >= 0.6 is 0 Å². The molecule has 0 aromatic heterocycles. The minimum atomic E-state index is 0. The molecule has 0 bridgehead atoms. The summed E-state index contributed by atoms with van der Waals surface area (Å²) in [5, 5.41) is 0. The zero-order chi connectivity index (χ0) is 9.68. The Morgan fingerprint density at radius 2 is 1.71 bits per heavy atom. The second kappa shape index (κ2) is 6.30. The summed E-state index contributed by atoms with van der Waals surface area (Å²) in [4.78, 5) is 0. The number of aryl methyl sites for hydroxylation is 1. The van der Waals surface area contributed by atoms with Crippen LogP contribution in [0.5, 0.6) is 11.5 Å². The predicted octanol–water partition coefficient (Wildman–Crippen LogP) is 3.29. The molecule has 2 nitrogen and oxygen atoms in total. The smallest absolute Gasteiger partial charge is 0.160 e. The van der Waals surface area contributed by atoms with Crippen LogP contribution in [0, 0.1) is 0 Å². The Morgan fingerprint density at radius 1 is 1.07 bits per heavy atom. The van der Waals surface area contributed by atoms with E-state index in [1.54, 1.807) is 14.2 Å². The largest absolute Gasteiger partial charge is 0.493 e.